The van der Waals surface area contributed by atoms with Gasteiger partial charge in [-0.3, -0.25) is 5.10 Å². The van der Waals surface area contributed by atoms with E-state index in [1.807, 2.05) is 12.4 Å². The van der Waals surface area contributed by atoms with Crippen molar-refractivity contribution in [1.29, 1.82) is 0 Å². The number of morpholine rings is 1. The molecule has 20 heavy (non-hydrogen) atoms. The Kier molecular flexibility index (Phi) is 2.63. The number of ether oxygens (including phenoxy) is 1. The molecular weight excluding hydrogens is 256 g/mol. The topological polar surface area (TPSA) is 82.7 Å². The smallest absolute Gasteiger partial charge is 0.143 e. The second-order valence-electron chi connectivity index (χ2n) is 4.71. The first-order valence-electron chi connectivity index (χ1n) is 6.57. The number of anilines is 1. The van der Waals surface area contributed by atoms with Gasteiger partial charge in [-0.25, -0.2) is 9.97 Å². The average molecular weight is 270 g/mol. The Hall–Kier alpha value is -2.41. The molecular formula is C13H14N6O. The molecule has 4 rings (SSSR count). The van der Waals surface area contributed by atoms with Crippen LogP contribution in [0.25, 0.3) is 22.2 Å². The molecule has 0 atom stereocenters. The number of nitrogens with one attached hydrogen (secondary N) is 2. The van der Waals surface area contributed by atoms with E-state index in [0.717, 1.165) is 54.3 Å². The fraction of sp³-hybridized carbons (Fsp3) is 0.308. The monoisotopic (exact) mass is 270 g/mol. The normalized spacial score (nSPS) is 15.9. The minimum Gasteiger partial charge on any atom is -0.378 e. The Balaban J connectivity index is 1.89. The van der Waals surface area contributed by atoms with E-state index in [1.165, 1.54) is 0 Å². The van der Waals surface area contributed by atoms with E-state index in [2.05, 4.69) is 30.0 Å². The molecule has 0 saturated carbocycles. The molecule has 1 saturated heterocycles. The van der Waals surface area contributed by atoms with Crippen molar-refractivity contribution in [2.24, 2.45) is 0 Å². The van der Waals surface area contributed by atoms with Crippen molar-refractivity contribution < 1.29 is 4.74 Å². The lowest BCUT2D eigenvalue weighted by Crippen LogP contribution is -2.36. The van der Waals surface area contributed by atoms with Crippen molar-refractivity contribution >= 4 is 16.9 Å². The van der Waals surface area contributed by atoms with E-state index in [-0.39, 0.29) is 0 Å². The zero-order valence-corrected chi connectivity index (χ0v) is 10.8. The van der Waals surface area contributed by atoms with Crippen molar-refractivity contribution in [3.63, 3.8) is 0 Å². The molecule has 0 bridgehead atoms. The molecule has 0 unspecified atom stereocenters. The number of H-pyrrole nitrogens is 2. The van der Waals surface area contributed by atoms with Gasteiger partial charge in [-0.15, -0.1) is 0 Å². The van der Waals surface area contributed by atoms with Crippen LogP contribution >= 0.6 is 0 Å². The van der Waals surface area contributed by atoms with Gasteiger partial charge < -0.3 is 14.6 Å². The third-order valence-electron chi connectivity index (χ3n) is 3.57. The quantitative estimate of drug-likeness (QED) is 0.730. The van der Waals surface area contributed by atoms with Crippen molar-refractivity contribution in [2.45, 2.75) is 0 Å². The van der Waals surface area contributed by atoms with Crippen LogP contribution in [0.3, 0.4) is 0 Å². The third-order valence-corrected chi connectivity index (χ3v) is 3.57. The highest BCUT2D eigenvalue weighted by Gasteiger charge is 2.19. The highest BCUT2D eigenvalue weighted by Crippen LogP contribution is 2.33. The van der Waals surface area contributed by atoms with Crippen molar-refractivity contribution in [3.8, 4) is 11.1 Å². The molecule has 2 N–H and O–H groups in total. The number of rotatable bonds is 2. The number of aromatic nitrogens is 5. The highest BCUT2D eigenvalue weighted by atomic mass is 16.5. The molecule has 1 fully saturated rings. The molecule has 102 valence electrons. The molecule has 1 aliphatic heterocycles. The van der Waals surface area contributed by atoms with E-state index in [4.69, 9.17) is 4.74 Å². The van der Waals surface area contributed by atoms with Gasteiger partial charge in [0.05, 0.1) is 24.8 Å². The fourth-order valence-electron chi connectivity index (χ4n) is 2.59. The van der Waals surface area contributed by atoms with E-state index in [0.29, 0.717) is 0 Å². The van der Waals surface area contributed by atoms with Gasteiger partial charge in [0, 0.05) is 36.6 Å². The number of hydrogen-bond acceptors (Lipinski definition) is 5. The van der Waals surface area contributed by atoms with Gasteiger partial charge in [0.1, 0.15) is 17.8 Å². The fourth-order valence-corrected chi connectivity index (χ4v) is 2.59. The average Bonchev–Trinajstić information content (AvgIpc) is 3.16. The molecule has 0 spiro atoms. The van der Waals surface area contributed by atoms with E-state index in [9.17, 15) is 0 Å². The molecule has 7 heteroatoms. The number of aromatic amines is 2. The largest absolute Gasteiger partial charge is 0.378 e. The summed E-state index contributed by atoms with van der Waals surface area (Å²) < 4.78 is 5.41. The summed E-state index contributed by atoms with van der Waals surface area (Å²) in [7, 11) is 0. The molecule has 0 aliphatic carbocycles. The van der Waals surface area contributed by atoms with Crippen LogP contribution in [0.5, 0.6) is 0 Å². The van der Waals surface area contributed by atoms with Crippen LogP contribution in [0.2, 0.25) is 0 Å². The highest BCUT2D eigenvalue weighted by molar-refractivity contribution is 6.00. The van der Waals surface area contributed by atoms with Gasteiger partial charge in [-0.05, 0) is 0 Å². The Morgan fingerprint density at radius 1 is 1.15 bits per heavy atom. The van der Waals surface area contributed by atoms with Crippen LogP contribution in [0, 0.1) is 0 Å². The first kappa shape index (κ1) is 11.4. The summed E-state index contributed by atoms with van der Waals surface area (Å²) >= 11 is 0. The molecule has 0 amide bonds. The van der Waals surface area contributed by atoms with E-state index >= 15 is 0 Å². The van der Waals surface area contributed by atoms with Gasteiger partial charge in [-0.2, -0.15) is 5.10 Å². The third kappa shape index (κ3) is 1.75. The zero-order valence-electron chi connectivity index (χ0n) is 10.8. The van der Waals surface area contributed by atoms with Crippen molar-refractivity contribution in [3.05, 3.63) is 24.9 Å². The second-order valence-corrected chi connectivity index (χ2v) is 4.71. The molecule has 3 aromatic rings. The summed E-state index contributed by atoms with van der Waals surface area (Å²) in [6, 6.07) is 0. The van der Waals surface area contributed by atoms with Crippen LogP contribution in [0.1, 0.15) is 0 Å². The standard InChI is InChI=1S/C13H14N6O/c1-3-20-4-2-19(1)13-11-10(9-5-17-18-6-9)7-14-12(11)15-8-16-13/h5-8H,1-4H2,(H,17,18)(H,14,15,16). The zero-order chi connectivity index (χ0) is 13.4. The van der Waals surface area contributed by atoms with E-state index in [1.54, 1.807) is 12.5 Å². The number of hydrogen-bond donors (Lipinski definition) is 2. The summed E-state index contributed by atoms with van der Waals surface area (Å²) in [6.07, 6.45) is 7.23. The predicted molar refractivity (Wildman–Crippen MR) is 74.5 cm³/mol. The van der Waals surface area contributed by atoms with Crippen LogP contribution in [-0.4, -0.2) is 51.5 Å². The first-order chi connectivity index (χ1) is 9.93. The maximum atomic E-state index is 5.41. The number of fused-ring (bicyclic) bond motifs is 1. The first-order valence-corrected chi connectivity index (χ1v) is 6.57. The van der Waals surface area contributed by atoms with Crippen LogP contribution < -0.4 is 4.90 Å². The maximum absolute atomic E-state index is 5.41. The second kappa shape index (κ2) is 4.61. The van der Waals surface area contributed by atoms with Gasteiger partial charge in [0.2, 0.25) is 0 Å². The molecule has 3 aromatic heterocycles. The summed E-state index contributed by atoms with van der Waals surface area (Å²) in [5, 5.41) is 7.90. The summed E-state index contributed by atoms with van der Waals surface area (Å²) in [5.41, 5.74) is 2.94. The molecule has 0 aromatic carbocycles. The SMILES string of the molecule is c1nc(N2CCOCC2)c2c(-c3cn[nH]c3)c[nH]c2n1. The maximum Gasteiger partial charge on any atom is 0.143 e. The summed E-state index contributed by atoms with van der Waals surface area (Å²) in [6.45, 7) is 3.16. The molecule has 7 nitrogen and oxygen atoms in total. The van der Waals surface area contributed by atoms with Gasteiger partial charge >= 0.3 is 0 Å². The Morgan fingerprint density at radius 2 is 2.05 bits per heavy atom. The van der Waals surface area contributed by atoms with Crippen LogP contribution in [-0.2, 0) is 4.74 Å². The molecule has 1 aliphatic rings. The van der Waals surface area contributed by atoms with E-state index < -0.39 is 0 Å². The summed E-state index contributed by atoms with van der Waals surface area (Å²) in [5.74, 6) is 0.954. The number of nitrogens with zero attached hydrogens (tertiary/aromatic N) is 4. The Labute approximate surface area is 115 Å². The molecule has 0 radical (unpaired) electrons. The van der Waals surface area contributed by atoms with Crippen LogP contribution in [0.15, 0.2) is 24.9 Å². The van der Waals surface area contributed by atoms with Gasteiger partial charge in [0.15, 0.2) is 0 Å². The minimum atomic E-state index is 0.733. The Bertz CT molecular complexity index is 714. The van der Waals surface area contributed by atoms with Crippen molar-refractivity contribution in [1.82, 2.24) is 25.1 Å². The Morgan fingerprint density at radius 3 is 2.85 bits per heavy atom. The van der Waals surface area contributed by atoms with Crippen LogP contribution in [0.4, 0.5) is 5.82 Å². The lowest BCUT2D eigenvalue weighted by Gasteiger charge is -2.28. The minimum absolute atomic E-state index is 0.733. The van der Waals surface area contributed by atoms with Crippen molar-refractivity contribution in [2.75, 3.05) is 31.2 Å². The molecule has 4 heterocycles. The van der Waals surface area contributed by atoms with Gasteiger partial charge in [-0.1, -0.05) is 0 Å². The van der Waals surface area contributed by atoms with Gasteiger partial charge in [0.25, 0.3) is 0 Å². The lowest BCUT2D eigenvalue weighted by molar-refractivity contribution is 0.122. The summed E-state index contributed by atoms with van der Waals surface area (Å²) in [4.78, 5) is 14.2. The predicted octanol–water partition coefficient (Wildman–Crippen LogP) is 1.18. The lowest BCUT2D eigenvalue weighted by atomic mass is 10.1.